The van der Waals surface area contributed by atoms with Crippen LogP contribution in [0.3, 0.4) is 0 Å². The third kappa shape index (κ3) is 3.56. The molecule has 1 nitrogen and oxygen atoms in total. The summed E-state index contributed by atoms with van der Waals surface area (Å²) < 4.78 is 38.9. The minimum Gasteiger partial charge on any atom is -0.382 e. The van der Waals surface area contributed by atoms with E-state index < -0.39 is 11.7 Å². The maximum Gasteiger partial charge on any atom is 0.418 e. The van der Waals surface area contributed by atoms with Crippen molar-refractivity contribution in [3.05, 3.63) is 28.8 Å². The Morgan fingerprint density at radius 3 is 2.53 bits per heavy atom. The molecule has 106 valence electrons. The molecule has 0 saturated heterocycles. The summed E-state index contributed by atoms with van der Waals surface area (Å²) in [6, 6.07) is 3.97. The van der Waals surface area contributed by atoms with Crippen molar-refractivity contribution in [1.82, 2.24) is 0 Å². The Balaban J connectivity index is 2.21. The van der Waals surface area contributed by atoms with Crippen molar-refractivity contribution in [3.63, 3.8) is 0 Å². The summed E-state index contributed by atoms with van der Waals surface area (Å²) in [6.07, 6.45) is -1.58. The molecule has 0 heterocycles. The van der Waals surface area contributed by atoms with E-state index >= 15 is 0 Å². The molecule has 1 aliphatic rings. The van der Waals surface area contributed by atoms with Crippen molar-refractivity contribution >= 4 is 17.3 Å². The first-order valence-electron chi connectivity index (χ1n) is 6.31. The largest absolute Gasteiger partial charge is 0.418 e. The van der Waals surface area contributed by atoms with E-state index in [-0.39, 0.29) is 22.2 Å². The predicted octanol–water partition coefficient (Wildman–Crippen LogP) is 5.35. The summed E-state index contributed by atoms with van der Waals surface area (Å²) in [4.78, 5) is 0. The minimum atomic E-state index is -4.39. The van der Waals surface area contributed by atoms with Gasteiger partial charge in [0.05, 0.1) is 5.56 Å². The van der Waals surface area contributed by atoms with Gasteiger partial charge in [-0.15, -0.1) is 0 Å². The molecule has 1 N–H and O–H groups in total. The van der Waals surface area contributed by atoms with E-state index in [9.17, 15) is 13.2 Å². The quantitative estimate of drug-likeness (QED) is 0.774. The average Bonchev–Trinajstić information content (AvgIpc) is 2.59. The SMILES string of the molecule is CC1(C)CCC(Nc2ccc(Cl)cc2C(F)(F)F)C1. The zero-order valence-electron chi connectivity index (χ0n) is 10.9. The standard InChI is InChI=1S/C14H17ClF3N/c1-13(2)6-5-10(8-13)19-12-4-3-9(15)7-11(12)14(16,17)18/h3-4,7,10,19H,5-6,8H2,1-2H3. The Hall–Kier alpha value is -0.900. The fourth-order valence-electron chi connectivity index (χ4n) is 2.66. The van der Waals surface area contributed by atoms with Crippen molar-refractivity contribution in [2.45, 2.75) is 45.3 Å². The highest BCUT2D eigenvalue weighted by atomic mass is 35.5. The molecule has 1 fully saturated rings. The summed E-state index contributed by atoms with van der Waals surface area (Å²) >= 11 is 5.66. The molecule has 0 aromatic heterocycles. The normalized spacial score (nSPS) is 22.5. The van der Waals surface area contributed by atoms with Gasteiger partial charge in [-0.25, -0.2) is 0 Å². The lowest BCUT2D eigenvalue weighted by molar-refractivity contribution is -0.137. The highest BCUT2D eigenvalue weighted by molar-refractivity contribution is 6.30. The van der Waals surface area contributed by atoms with Crippen LogP contribution in [-0.2, 0) is 6.18 Å². The molecule has 2 rings (SSSR count). The van der Waals surface area contributed by atoms with Crippen molar-refractivity contribution < 1.29 is 13.2 Å². The highest BCUT2D eigenvalue weighted by Crippen LogP contribution is 2.41. The lowest BCUT2D eigenvalue weighted by Crippen LogP contribution is -2.20. The van der Waals surface area contributed by atoms with Crippen molar-refractivity contribution in [2.75, 3.05) is 5.32 Å². The second-order valence-corrected chi connectivity index (χ2v) is 6.37. The van der Waals surface area contributed by atoms with E-state index in [1.54, 1.807) is 0 Å². The monoisotopic (exact) mass is 291 g/mol. The molecule has 1 aromatic carbocycles. The fraction of sp³-hybridized carbons (Fsp3) is 0.571. The van der Waals surface area contributed by atoms with Gasteiger partial charge in [0.1, 0.15) is 0 Å². The molecule has 0 bridgehead atoms. The molecule has 1 atom stereocenters. The number of halogens is 4. The molecule has 5 heteroatoms. The van der Waals surface area contributed by atoms with Crippen LogP contribution in [0.25, 0.3) is 0 Å². The van der Waals surface area contributed by atoms with E-state index in [1.165, 1.54) is 12.1 Å². The van der Waals surface area contributed by atoms with Gasteiger partial charge in [-0.2, -0.15) is 13.2 Å². The smallest absolute Gasteiger partial charge is 0.382 e. The van der Waals surface area contributed by atoms with Crippen LogP contribution in [0, 0.1) is 5.41 Å². The van der Waals surface area contributed by atoms with E-state index in [4.69, 9.17) is 11.6 Å². The maximum absolute atomic E-state index is 13.0. The van der Waals surface area contributed by atoms with Gasteiger partial charge in [0.2, 0.25) is 0 Å². The number of hydrogen-bond donors (Lipinski definition) is 1. The third-order valence-corrected chi connectivity index (χ3v) is 3.85. The lowest BCUT2D eigenvalue weighted by atomic mass is 9.92. The third-order valence-electron chi connectivity index (χ3n) is 3.62. The van der Waals surface area contributed by atoms with Gasteiger partial charge in [0.25, 0.3) is 0 Å². The first-order chi connectivity index (χ1) is 8.67. The van der Waals surface area contributed by atoms with Gasteiger partial charge in [-0.3, -0.25) is 0 Å². The zero-order chi connectivity index (χ0) is 14.3. The Morgan fingerprint density at radius 2 is 2.00 bits per heavy atom. The van der Waals surface area contributed by atoms with Gasteiger partial charge < -0.3 is 5.32 Å². The molecular formula is C14H17ClF3N. The van der Waals surface area contributed by atoms with Crippen LogP contribution in [-0.4, -0.2) is 6.04 Å². The fourth-order valence-corrected chi connectivity index (χ4v) is 2.83. The highest BCUT2D eigenvalue weighted by Gasteiger charge is 2.36. The minimum absolute atomic E-state index is 0.0947. The molecule has 0 amide bonds. The number of anilines is 1. The average molecular weight is 292 g/mol. The van der Waals surface area contributed by atoms with Gasteiger partial charge >= 0.3 is 6.18 Å². The lowest BCUT2D eigenvalue weighted by Gasteiger charge is -2.21. The molecule has 19 heavy (non-hydrogen) atoms. The predicted molar refractivity (Wildman–Crippen MR) is 71.5 cm³/mol. The van der Waals surface area contributed by atoms with Gasteiger partial charge in [0.15, 0.2) is 0 Å². The second-order valence-electron chi connectivity index (χ2n) is 5.94. The molecule has 1 unspecified atom stereocenters. The Labute approximate surface area is 116 Å². The van der Waals surface area contributed by atoms with Crippen molar-refractivity contribution in [3.8, 4) is 0 Å². The number of benzene rings is 1. The van der Waals surface area contributed by atoms with Gasteiger partial charge in [-0.1, -0.05) is 25.4 Å². The van der Waals surface area contributed by atoms with Crippen LogP contribution < -0.4 is 5.32 Å². The first kappa shape index (κ1) is 14.5. The number of hydrogen-bond acceptors (Lipinski definition) is 1. The van der Waals surface area contributed by atoms with E-state index in [2.05, 4.69) is 19.2 Å². The summed E-state index contributed by atoms with van der Waals surface area (Å²) in [5.41, 5.74) is -0.369. The molecule has 0 spiro atoms. The molecule has 1 saturated carbocycles. The Kier molecular flexibility index (Phi) is 3.74. The Morgan fingerprint density at radius 1 is 1.32 bits per heavy atom. The summed E-state index contributed by atoms with van der Waals surface area (Å²) in [6.45, 7) is 4.28. The second kappa shape index (κ2) is 4.89. The first-order valence-corrected chi connectivity index (χ1v) is 6.68. The van der Waals surface area contributed by atoms with Crippen LogP contribution >= 0.6 is 11.6 Å². The van der Waals surface area contributed by atoms with E-state index in [0.717, 1.165) is 25.3 Å². The topological polar surface area (TPSA) is 12.0 Å². The van der Waals surface area contributed by atoms with Gasteiger partial charge in [-0.05, 0) is 42.9 Å². The zero-order valence-corrected chi connectivity index (χ0v) is 11.7. The number of rotatable bonds is 2. The summed E-state index contributed by atoms with van der Waals surface area (Å²) in [5.74, 6) is 0. The van der Waals surface area contributed by atoms with Crippen LogP contribution in [0.5, 0.6) is 0 Å². The van der Waals surface area contributed by atoms with Crippen molar-refractivity contribution in [1.29, 1.82) is 0 Å². The summed E-state index contributed by atoms with van der Waals surface area (Å²) in [7, 11) is 0. The number of alkyl halides is 3. The molecule has 0 radical (unpaired) electrons. The molecular weight excluding hydrogens is 275 g/mol. The molecule has 1 aliphatic carbocycles. The van der Waals surface area contributed by atoms with Crippen molar-refractivity contribution in [2.24, 2.45) is 5.41 Å². The Bertz CT molecular complexity index is 468. The van der Waals surface area contributed by atoms with Crippen LogP contribution in [0.2, 0.25) is 5.02 Å². The summed E-state index contributed by atoms with van der Waals surface area (Å²) in [5, 5.41) is 3.12. The maximum atomic E-state index is 13.0. The van der Waals surface area contributed by atoms with Crippen LogP contribution in [0.4, 0.5) is 18.9 Å². The van der Waals surface area contributed by atoms with E-state index in [0.29, 0.717) is 0 Å². The number of nitrogens with one attached hydrogen (secondary N) is 1. The van der Waals surface area contributed by atoms with E-state index in [1.807, 2.05) is 0 Å². The molecule has 0 aliphatic heterocycles. The van der Waals surface area contributed by atoms with Crippen LogP contribution in [0.15, 0.2) is 18.2 Å². The molecule has 1 aromatic rings. The van der Waals surface area contributed by atoms with Crippen LogP contribution in [0.1, 0.15) is 38.7 Å². The van der Waals surface area contributed by atoms with Gasteiger partial charge in [0, 0.05) is 16.8 Å².